The van der Waals surface area contributed by atoms with E-state index in [1.54, 1.807) is 30.5 Å². The zero-order chi connectivity index (χ0) is 23.1. The molecule has 0 unspecified atom stereocenters. The van der Waals surface area contributed by atoms with Crippen molar-refractivity contribution in [3.63, 3.8) is 0 Å². The summed E-state index contributed by atoms with van der Waals surface area (Å²) >= 11 is 1.32. The lowest BCUT2D eigenvalue weighted by Gasteiger charge is -2.29. The Morgan fingerprint density at radius 1 is 1.25 bits per heavy atom. The highest BCUT2D eigenvalue weighted by Gasteiger charge is 2.31. The van der Waals surface area contributed by atoms with Crippen LogP contribution in [0.25, 0.3) is 0 Å². The normalized spacial score (nSPS) is 15.3. The van der Waals surface area contributed by atoms with Crippen molar-refractivity contribution in [2.75, 3.05) is 31.3 Å². The molecule has 11 heteroatoms. The molecule has 1 aromatic heterocycles. The van der Waals surface area contributed by atoms with Gasteiger partial charge in [0.2, 0.25) is 15.9 Å². The highest BCUT2D eigenvalue weighted by molar-refractivity contribution is 7.89. The van der Waals surface area contributed by atoms with Crippen LogP contribution in [0, 0.1) is 5.92 Å². The molecule has 1 aromatic carbocycles. The minimum atomic E-state index is -3.22. The van der Waals surface area contributed by atoms with E-state index in [0.29, 0.717) is 48.1 Å². The fraction of sp³-hybridized carbons (Fsp3) is 0.476. The Hall–Kier alpha value is -2.50. The van der Waals surface area contributed by atoms with Crippen LogP contribution in [-0.4, -0.2) is 55.5 Å². The molecule has 1 aliphatic rings. The van der Waals surface area contributed by atoms with Crippen molar-refractivity contribution in [3.05, 3.63) is 40.3 Å². The molecule has 3 rings (SSSR count). The number of piperidine rings is 1. The van der Waals surface area contributed by atoms with Crippen molar-refractivity contribution in [2.24, 2.45) is 5.92 Å². The number of thiazole rings is 1. The summed E-state index contributed by atoms with van der Waals surface area (Å²) < 4.78 is 35.9. The number of carbonyl (C=O) groups excluding carboxylic acids is 2. The van der Waals surface area contributed by atoms with Gasteiger partial charge >= 0.3 is 5.97 Å². The summed E-state index contributed by atoms with van der Waals surface area (Å²) in [6.45, 7) is 2.30. The number of aromatic nitrogens is 1. The molecular formula is C21H27N3O6S2. The van der Waals surface area contributed by atoms with Gasteiger partial charge in [0.1, 0.15) is 17.4 Å². The van der Waals surface area contributed by atoms with E-state index in [1.165, 1.54) is 22.8 Å². The van der Waals surface area contributed by atoms with E-state index in [0.717, 1.165) is 0 Å². The molecule has 0 saturated carbocycles. The number of para-hydroxylation sites is 2. The first kappa shape index (κ1) is 24.1. The van der Waals surface area contributed by atoms with Gasteiger partial charge in [0.15, 0.2) is 0 Å². The summed E-state index contributed by atoms with van der Waals surface area (Å²) in [6, 6.07) is 7.14. The number of esters is 1. The zero-order valence-electron chi connectivity index (χ0n) is 18.1. The number of nitrogens with zero attached hydrogens (tertiary/aromatic N) is 2. The van der Waals surface area contributed by atoms with Crippen LogP contribution in [0.2, 0.25) is 0 Å². The highest BCUT2D eigenvalue weighted by Crippen LogP contribution is 2.24. The number of carbonyl (C=O) groups is 2. The van der Waals surface area contributed by atoms with Crippen LogP contribution in [0.1, 0.15) is 30.5 Å². The minimum absolute atomic E-state index is 0.0247. The van der Waals surface area contributed by atoms with Crippen LogP contribution in [0.4, 0.5) is 5.69 Å². The van der Waals surface area contributed by atoms with Crippen molar-refractivity contribution < 1.29 is 27.5 Å². The number of ether oxygens (including phenoxy) is 2. The van der Waals surface area contributed by atoms with Gasteiger partial charge in [0.25, 0.3) is 0 Å². The molecule has 1 N–H and O–H groups in total. The first-order valence-electron chi connectivity index (χ1n) is 10.3. The molecule has 2 aromatic rings. The standard InChI is InChI=1S/C21H27N3O6S2/c1-3-32(27,28)24-10-8-15(9-11-24)21(26)30-13-16-14-31-20(22-16)12-19(25)23-17-6-4-5-7-18(17)29-2/h4-7,14-15H,3,8-13H2,1-2H3,(H,23,25). The average molecular weight is 482 g/mol. The minimum Gasteiger partial charge on any atom is -0.495 e. The Morgan fingerprint density at radius 2 is 1.97 bits per heavy atom. The van der Waals surface area contributed by atoms with Crippen molar-refractivity contribution in [1.29, 1.82) is 0 Å². The second-order valence-electron chi connectivity index (χ2n) is 7.34. The van der Waals surface area contributed by atoms with Gasteiger partial charge in [-0.25, -0.2) is 17.7 Å². The largest absolute Gasteiger partial charge is 0.495 e. The summed E-state index contributed by atoms with van der Waals surface area (Å²) in [5.74, 6) is -0.248. The predicted octanol–water partition coefficient (Wildman–Crippen LogP) is 2.44. The fourth-order valence-corrected chi connectivity index (χ4v) is 5.30. The SMILES string of the molecule is CCS(=O)(=O)N1CCC(C(=O)OCc2csc(CC(=O)Nc3ccccc3OC)n2)CC1. The van der Waals surface area contributed by atoms with Gasteiger partial charge in [-0.15, -0.1) is 11.3 Å². The number of anilines is 1. The lowest BCUT2D eigenvalue weighted by atomic mass is 9.98. The number of hydrogen-bond acceptors (Lipinski definition) is 8. The molecule has 0 atom stereocenters. The molecule has 0 aliphatic carbocycles. The Bertz CT molecular complexity index is 1050. The van der Waals surface area contributed by atoms with E-state index < -0.39 is 10.0 Å². The Morgan fingerprint density at radius 3 is 2.66 bits per heavy atom. The summed E-state index contributed by atoms with van der Waals surface area (Å²) in [5, 5.41) is 5.17. The lowest BCUT2D eigenvalue weighted by Crippen LogP contribution is -2.41. The molecule has 1 saturated heterocycles. The number of rotatable bonds is 9. The van der Waals surface area contributed by atoms with Crippen LogP contribution < -0.4 is 10.1 Å². The Balaban J connectivity index is 1.45. The van der Waals surface area contributed by atoms with Gasteiger partial charge < -0.3 is 14.8 Å². The molecule has 2 heterocycles. The number of nitrogens with one attached hydrogen (secondary N) is 1. The summed E-state index contributed by atoms with van der Waals surface area (Å²) in [4.78, 5) is 29.0. The number of benzene rings is 1. The Kier molecular flexibility index (Phi) is 8.21. The van der Waals surface area contributed by atoms with Crippen molar-refractivity contribution in [3.8, 4) is 5.75 Å². The van der Waals surface area contributed by atoms with E-state index >= 15 is 0 Å². The van der Waals surface area contributed by atoms with Gasteiger partial charge in [0, 0.05) is 18.5 Å². The molecule has 1 fully saturated rings. The maximum absolute atomic E-state index is 12.4. The van der Waals surface area contributed by atoms with E-state index in [4.69, 9.17) is 9.47 Å². The predicted molar refractivity (Wildman–Crippen MR) is 121 cm³/mol. The van der Waals surface area contributed by atoms with Crippen LogP contribution in [-0.2, 0) is 37.4 Å². The van der Waals surface area contributed by atoms with Crippen LogP contribution in [0.15, 0.2) is 29.6 Å². The lowest BCUT2D eigenvalue weighted by molar-refractivity contribution is -0.151. The third-order valence-electron chi connectivity index (χ3n) is 5.20. The van der Waals surface area contributed by atoms with Crippen molar-refractivity contribution >= 4 is 38.9 Å². The molecule has 0 spiro atoms. The van der Waals surface area contributed by atoms with Gasteiger partial charge in [0.05, 0.1) is 36.6 Å². The van der Waals surface area contributed by atoms with Crippen molar-refractivity contribution in [2.45, 2.75) is 32.8 Å². The van der Waals surface area contributed by atoms with Gasteiger partial charge in [-0.1, -0.05) is 12.1 Å². The first-order valence-corrected chi connectivity index (χ1v) is 12.8. The summed E-state index contributed by atoms with van der Waals surface area (Å²) in [7, 11) is -1.69. The smallest absolute Gasteiger partial charge is 0.309 e. The second kappa shape index (κ2) is 10.9. The van der Waals surface area contributed by atoms with E-state index in [2.05, 4.69) is 10.3 Å². The van der Waals surface area contributed by atoms with Gasteiger partial charge in [-0.05, 0) is 31.9 Å². The van der Waals surface area contributed by atoms with Gasteiger partial charge in [-0.2, -0.15) is 0 Å². The molecule has 9 nitrogen and oxygen atoms in total. The average Bonchev–Trinajstić information content (AvgIpc) is 3.25. The number of methoxy groups -OCH3 is 1. The molecule has 1 aliphatic heterocycles. The second-order valence-corrected chi connectivity index (χ2v) is 10.5. The van der Waals surface area contributed by atoms with E-state index in [9.17, 15) is 18.0 Å². The Labute approximate surface area is 191 Å². The number of hydrogen-bond donors (Lipinski definition) is 1. The monoisotopic (exact) mass is 481 g/mol. The summed E-state index contributed by atoms with van der Waals surface area (Å²) in [5.41, 5.74) is 1.16. The molecule has 32 heavy (non-hydrogen) atoms. The number of sulfonamides is 1. The molecule has 1 amide bonds. The van der Waals surface area contributed by atoms with E-state index in [1.807, 2.05) is 6.07 Å². The van der Waals surface area contributed by atoms with Crippen LogP contribution >= 0.6 is 11.3 Å². The maximum Gasteiger partial charge on any atom is 0.309 e. The molecule has 0 radical (unpaired) electrons. The fourth-order valence-electron chi connectivity index (χ4n) is 3.39. The third kappa shape index (κ3) is 6.27. The molecule has 0 bridgehead atoms. The molecular weight excluding hydrogens is 454 g/mol. The van der Waals surface area contributed by atoms with Crippen LogP contribution in [0.5, 0.6) is 5.75 Å². The maximum atomic E-state index is 12.4. The quantitative estimate of drug-likeness (QED) is 0.547. The van der Waals surface area contributed by atoms with Crippen molar-refractivity contribution in [1.82, 2.24) is 9.29 Å². The first-order chi connectivity index (χ1) is 15.3. The zero-order valence-corrected chi connectivity index (χ0v) is 19.7. The van der Waals surface area contributed by atoms with Gasteiger partial charge in [-0.3, -0.25) is 9.59 Å². The van der Waals surface area contributed by atoms with Crippen LogP contribution in [0.3, 0.4) is 0 Å². The topological polar surface area (TPSA) is 115 Å². The number of amides is 1. The summed E-state index contributed by atoms with van der Waals surface area (Å²) in [6.07, 6.45) is 0.994. The highest BCUT2D eigenvalue weighted by atomic mass is 32.2. The van der Waals surface area contributed by atoms with E-state index in [-0.39, 0.29) is 36.6 Å². The third-order valence-corrected chi connectivity index (χ3v) is 7.98. The molecule has 174 valence electrons.